The van der Waals surface area contributed by atoms with Crippen LogP contribution in [0.4, 0.5) is 5.69 Å². The van der Waals surface area contributed by atoms with E-state index >= 15 is 0 Å². The number of ether oxygens (including phenoxy) is 1. The third kappa shape index (κ3) is 3.40. The number of Topliss-reactive ketones (excluding diaryl/α,β-unsaturated/α-hetero) is 1. The van der Waals surface area contributed by atoms with E-state index in [1.807, 2.05) is 0 Å². The third-order valence-electron chi connectivity index (χ3n) is 2.48. The molecule has 0 spiro atoms. The number of carbonyl (C=O) groups excluding carboxylic acids is 1. The van der Waals surface area contributed by atoms with Crippen LogP contribution < -0.4 is 10.5 Å². The highest BCUT2D eigenvalue weighted by Gasteiger charge is 2.08. The maximum Gasteiger partial charge on any atom is 0.162 e. The number of hydrogen-bond donors (Lipinski definition) is 1. The van der Waals surface area contributed by atoms with E-state index in [0.717, 1.165) is 0 Å². The standard InChI is InChI=1S/C14H11Cl2NO2/c1-8(18)13-7-11(2-3-14(13)17)19-12-5-9(15)4-10(16)6-12/h2-7H,17H2,1H3. The highest BCUT2D eigenvalue weighted by Crippen LogP contribution is 2.29. The van der Waals surface area contributed by atoms with Gasteiger partial charge in [0.2, 0.25) is 0 Å². The molecular weight excluding hydrogens is 285 g/mol. The number of ketones is 1. The summed E-state index contributed by atoms with van der Waals surface area (Å²) in [6, 6.07) is 9.77. The van der Waals surface area contributed by atoms with Crippen LogP contribution in [0.5, 0.6) is 11.5 Å². The summed E-state index contributed by atoms with van der Waals surface area (Å²) in [5, 5.41) is 0.953. The summed E-state index contributed by atoms with van der Waals surface area (Å²) in [5.41, 5.74) is 6.56. The van der Waals surface area contributed by atoms with Gasteiger partial charge in [-0.15, -0.1) is 0 Å². The summed E-state index contributed by atoms with van der Waals surface area (Å²) < 4.78 is 5.61. The van der Waals surface area contributed by atoms with Gasteiger partial charge >= 0.3 is 0 Å². The molecule has 0 radical (unpaired) electrons. The Labute approximate surface area is 120 Å². The molecule has 0 amide bonds. The number of hydrogen-bond acceptors (Lipinski definition) is 3. The first-order valence-electron chi connectivity index (χ1n) is 5.50. The van der Waals surface area contributed by atoms with Crippen molar-refractivity contribution in [2.45, 2.75) is 6.92 Å². The van der Waals surface area contributed by atoms with E-state index < -0.39 is 0 Å². The normalized spacial score (nSPS) is 10.3. The summed E-state index contributed by atoms with van der Waals surface area (Å²) in [4.78, 5) is 11.4. The van der Waals surface area contributed by atoms with Gasteiger partial charge in [-0.25, -0.2) is 0 Å². The van der Waals surface area contributed by atoms with Gasteiger partial charge < -0.3 is 10.5 Å². The van der Waals surface area contributed by atoms with Crippen LogP contribution in [0.25, 0.3) is 0 Å². The fourth-order valence-corrected chi connectivity index (χ4v) is 2.13. The SMILES string of the molecule is CC(=O)c1cc(Oc2cc(Cl)cc(Cl)c2)ccc1N. The molecule has 2 N–H and O–H groups in total. The van der Waals surface area contributed by atoms with Gasteiger partial charge in [0, 0.05) is 21.3 Å². The van der Waals surface area contributed by atoms with Crippen molar-refractivity contribution < 1.29 is 9.53 Å². The van der Waals surface area contributed by atoms with Crippen molar-refractivity contribution in [3.8, 4) is 11.5 Å². The van der Waals surface area contributed by atoms with E-state index in [1.165, 1.54) is 6.92 Å². The van der Waals surface area contributed by atoms with Crippen molar-refractivity contribution in [2.24, 2.45) is 0 Å². The lowest BCUT2D eigenvalue weighted by Crippen LogP contribution is -1.99. The molecule has 98 valence electrons. The van der Waals surface area contributed by atoms with Gasteiger partial charge in [0.25, 0.3) is 0 Å². The van der Waals surface area contributed by atoms with E-state index in [2.05, 4.69) is 0 Å². The molecule has 19 heavy (non-hydrogen) atoms. The van der Waals surface area contributed by atoms with Crippen LogP contribution in [-0.2, 0) is 0 Å². The molecule has 0 saturated heterocycles. The quantitative estimate of drug-likeness (QED) is 0.666. The predicted octanol–water partition coefficient (Wildman–Crippen LogP) is 4.57. The molecule has 0 saturated carbocycles. The minimum Gasteiger partial charge on any atom is -0.457 e. The van der Waals surface area contributed by atoms with E-state index in [9.17, 15) is 4.79 Å². The Morgan fingerprint density at radius 1 is 1.05 bits per heavy atom. The number of anilines is 1. The summed E-state index contributed by atoms with van der Waals surface area (Å²) in [6.07, 6.45) is 0. The van der Waals surface area contributed by atoms with Crippen LogP contribution in [0.1, 0.15) is 17.3 Å². The number of carbonyl (C=O) groups is 1. The lowest BCUT2D eigenvalue weighted by Gasteiger charge is -2.09. The molecule has 0 bridgehead atoms. The molecule has 2 rings (SSSR count). The summed E-state index contributed by atoms with van der Waals surface area (Å²) >= 11 is 11.8. The van der Waals surface area contributed by atoms with E-state index in [0.29, 0.717) is 32.8 Å². The molecule has 2 aromatic rings. The molecule has 2 aromatic carbocycles. The highest BCUT2D eigenvalue weighted by molar-refractivity contribution is 6.34. The lowest BCUT2D eigenvalue weighted by molar-refractivity contribution is 0.101. The fraction of sp³-hybridized carbons (Fsp3) is 0.0714. The Hall–Kier alpha value is -1.71. The highest BCUT2D eigenvalue weighted by atomic mass is 35.5. The Kier molecular flexibility index (Phi) is 3.98. The van der Waals surface area contributed by atoms with Crippen molar-refractivity contribution in [1.82, 2.24) is 0 Å². The zero-order chi connectivity index (χ0) is 14.0. The molecule has 0 unspecified atom stereocenters. The largest absolute Gasteiger partial charge is 0.457 e. The molecule has 0 aliphatic heterocycles. The second-order valence-corrected chi connectivity index (χ2v) is 4.89. The third-order valence-corrected chi connectivity index (χ3v) is 2.91. The van der Waals surface area contributed by atoms with Crippen LogP contribution in [-0.4, -0.2) is 5.78 Å². The molecule has 0 atom stereocenters. The first kappa shape index (κ1) is 13.7. The number of benzene rings is 2. The van der Waals surface area contributed by atoms with E-state index in [4.69, 9.17) is 33.7 Å². The maximum atomic E-state index is 11.4. The van der Waals surface area contributed by atoms with Gasteiger partial charge in [0.1, 0.15) is 11.5 Å². The molecule has 3 nitrogen and oxygen atoms in total. The molecule has 0 heterocycles. The minimum atomic E-state index is -0.118. The average Bonchev–Trinajstić information content (AvgIpc) is 2.30. The maximum absolute atomic E-state index is 11.4. The van der Waals surface area contributed by atoms with Gasteiger partial charge in [-0.3, -0.25) is 4.79 Å². The van der Waals surface area contributed by atoms with Crippen molar-refractivity contribution in [1.29, 1.82) is 0 Å². The molecule has 0 aromatic heterocycles. The molecule has 5 heteroatoms. The average molecular weight is 296 g/mol. The molecule has 0 aliphatic rings. The Morgan fingerprint density at radius 2 is 1.68 bits per heavy atom. The molecule has 0 fully saturated rings. The lowest BCUT2D eigenvalue weighted by atomic mass is 10.1. The minimum absolute atomic E-state index is 0.118. The van der Waals surface area contributed by atoms with Crippen LogP contribution in [0, 0.1) is 0 Å². The Balaban J connectivity index is 2.33. The molecule has 0 aliphatic carbocycles. The van der Waals surface area contributed by atoms with Crippen LogP contribution >= 0.6 is 23.2 Å². The summed E-state index contributed by atoms with van der Waals surface area (Å²) in [5.74, 6) is 0.876. The molecular formula is C14H11Cl2NO2. The fourth-order valence-electron chi connectivity index (χ4n) is 1.63. The first-order valence-corrected chi connectivity index (χ1v) is 6.26. The predicted molar refractivity (Wildman–Crippen MR) is 77.4 cm³/mol. The number of nitrogen functional groups attached to an aromatic ring is 1. The van der Waals surface area contributed by atoms with Crippen LogP contribution in [0.3, 0.4) is 0 Å². The van der Waals surface area contributed by atoms with Gasteiger partial charge in [-0.1, -0.05) is 23.2 Å². The van der Waals surface area contributed by atoms with Crippen molar-refractivity contribution in [3.05, 3.63) is 52.0 Å². The number of nitrogens with two attached hydrogens (primary N) is 1. The second-order valence-electron chi connectivity index (χ2n) is 4.01. The Bertz CT molecular complexity index is 621. The van der Waals surface area contributed by atoms with Crippen LogP contribution in [0.15, 0.2) is 36.4 Å². The number of halogens is 2. The Morgan fingerprint density at radius 3 is 2.26 bits per heavy atom. The summed E-state index contributed by atoms with van der Waals surface area (Å²) in [6.45, 7) is 1.45. The van der Waals surface area contributed by atoms with Gasteiger partial charge in [-0.05, 0) is 43.3 Å². The zero-order valence-corrected chi connectivity index (χ0v) is 11.6. The van der Waals surface area contributed by atoms with Crippen molar-refractivity contribution in [2.75, 3.05) is 5.73 Å². The van der Waals surface area contributed by atoms with Crippen LogP contribution in [0.2, 0.25) is 10.0 Å². The monoisotopic (exact) mass is 295 g/mol. The van der Waals surface area contributed by atoms with Gasteiger partial charge in [0.15, 0.2) is 5.78 Å². The van der Waals surface area contributed by atoms with Gasteiger partial charge in [0.05, 0.1) is 0 Å². The summed E-state index contributed by atoms with van der Waals surface area (Å²) in [7, 11) is 0. The zero-order valence-electron chi connectivity index (χ0n) is 10.1. The second kappa shape index (κ2) is 5.51. The number of rotatable bonds is 3. The topological polar surface area (TPSA) is 52.3 Å². The van der Waals surface area contributed by atoms with E-state index in [-0.39, 0.29) is 5.78 Å². The van der Waals surface area contributed by atoms with Crippen molar-refractivity contribution >= 4 is 34.7 Å². The first-order chi connectivity index (χ1) is 8.95. The van der Waals surface area contributed by atoms with E-state index in [1.54, 1.807) is 36.4 Å². The van der Waals surface area contributed by atoms with Crippen molar-refractivity contribution in [3.63, 3.8) is 0 Å². The van der Waals surface area contributed by atoms with Gasteiger partial charge in [-0.2, -0.15) is 0 Å². The smallest absolute Gasteiger partial charge is 0.162 e.